The first-order chi connectivity index (χ1) is 20.7. The number of aryl methyl sites for hydroxylation is 1. The van der Waals surface area contributed by atoms with Crippen molar-refractivity contribution in [1.29, 1.82) is 0 Å². The van der Waals surface area contributed by atoms with Gasteiger partial charge in [-0.1, -0.05) is 6.92 Å². The molecule has 0 unspecified atom stereocenters. The van der Waals surface area contributed by atoms with Crippen LogP contribution in [0.5, 0.6) is 11.5 Å². The third kappa shape index (κ3) is 6.02. The van der Waals surface area contributed by atoms with Crippen LogP contribution in [0.1, 0.15) is 23.0 Å². The Morgan fingerprint density at radius 1 is 1.00 bits per heavy atom. The van der Waals surface area contributed by atoms with Crippen molar-refractivity contribution in [3.8, 4) is 23.0 Å². The number of aromatic amines is 1. The van der Waals surface area contributed by atoms with Crippen LogP contribution < -0.4 is 10.1 Å². The summed E-state index contributed by atoms with van der Waals surface area (Å²) in [6.07, 6.45) is -1.26. The van der Waals surface area contributed by atoms with E-state index in [1.807, 2.05) is 18.0 Å². The molecule has 0 atom stereocenters. The molecule has 13 heteroatoms. The summed E-state index contributed by atoms with van der Waals surface area (Å²) in [6.45, 7) is 6.15. The minimum Gasteiger partial charge on any atom is -0.457 e. The number of carbonyl (C=O) groups is 1. The van der Waals surface area contributed by atoms with Crippen LogP contribution in [0.3, 0.4) is 0 Å². The molecule has 5 aromatic rings. The van der Waals surface area contributed by atoms with E-state index < -0.39 is 11.7 Å². The monoisotopic (exact) mass is 590 g/mol. The number of rotatable bonds is 7. The van der Waals surface area contributed by atoms with E-state index in [1.54, 1.807) is 35.0 Å². The fraction of sp³-hybridized carbons (Fsp3) is 0.267. The number of nitrogens with one attached hydrogen (secondary N) is 2. The van der Waals surface area contributed by atoms with Crippen LogP contribution in [0.2, 0.25) is 0 Å². The number of nitrogens with zero attached hydrogens (tertiary/aromatic N) is 6. The number of ether oxygens (including phenoxy) is 1. The molecule has 0 radical (unpaired) electrons. The van der Waals surface area contributed by atoms with Gasteiger partial charge in [0.25, 0.3) is 5.91 Å². The number of amides is 1. The minimum absolute atomic E-state index is 0.0854. The maximum absolute atomic E-state index is 13.0. The summed E-state index contributed by atoms with van der Waals surface area (Å²) in [6, 6.07) is 13.6. The Morgan fingerprint density at radius 3 is 2.47 bits per heavy atom. The summed E-state index contributed by atoms with van der Waals surface area (Å²) in [5.41, 5.74) is 2.14. The van der Waals surface area contributed by atoms with Crippen molar-refractivity contribution >= 4 is 28.6 Å². The highest BCUT2D eigenvalue weighted by Crippen LogP contribution is 2.32. The van der Waals surface area contributed by atoms with Crippen molar-refractivity contribution in [3.63, 3.8) is 0 Å². The summed E-state index contributed by atoms with van der Waals surface area (Å²) in [5, 5.41) is 3.07. The molecule has 4 heterocycles. The zero-order valence-corrected chi connectivity index (χ0v) is 23.5. The minimum atomic E-state index is -4.40. The molecule has 0 aliphatic carbocycles. The Balaban J connectivity index is 1.15. The van der Waals surface area contributed by atoms with Crippen molar-refractivity contribution in [2.24, 2.45) is 7.05 Å². The van der Waals surface area contributed by atoms with Gasteiger partial charge in [0.15, 0.2) is 5.82 Å². The molecule has 0 spiro atoms. The third-order valence-electron chi connectivity index (χ3n) is 7.44. The molecular formula is C30H29F3N8O2. The predicted molar refractivity (Wildman–Crippen MR) is 155 cm³/mol. The smallest absolute Gasteiger partial charge is 0.416 e. The number of hydrogen-bond acceptors (Lipinski definition) is 7. The fourth-order valence-corrected chi connectivity index (χ4v) is 4.96. The molecule has 0 saturated carbocycles. The zero-order chi connectivity index (χ0) is 30.1. The lowest BCUT2D eigenvalue weighted by Gasteiger charge is -2.33. The number of benzene rings is 2. The first kappa shape index (κ1) is 28.2. The lowest BCUT2D eigenvalue weighted by molar-refractivity contribution is -0.137. The number of fused-ring (bicyclic) bond motifs is 1. The molecule has 2 N–H and O–H groups in total. The summed E-state index contributed by atoms with van der Waals surface area (Å²) in [7, 11) is 1.81. The highest BCUT2D eigenvalue weighted by atomic mass is 19.4. The van der Waals surface area contributed by atoms with Crippen LogP contribution in [-0.4, -0.2) is 72.9 Å². The van der Waals surface area contributed by atoms with Gasteiger partial charge in [-0.05, 0) is 49.0 Å². The number of carbonyl (C=O) groups excluding carboxylic acids is 1. The summed E-state index contributed by atoms with van der Waals surface area (Å²) < 4.78 is 46.6. The summed E-state index contributed by atoms with van der Waals surface area (Å²) in [5.74, 6) is 1.89. The molecule has 0 bridgehead atoms. The number of aromatic nitrogens is 5. The van der Waals surface area contributed by atoms with Gasteiger partial charge in [0, 0.05) is 57.2 Å². The van der Waals surface area contributed by atoms with Crippen LogP contribution in [0.4, 0.5) is 24.8 Å². The molecule has 1 amide bonds. The highest BCUT2D eigenvalue weighted by molar-refractivity contribution is 5.92. The van der Waals surface area contributed by atoms with Crippen molar-refractivity contribution < 1.29 is 22.7 Å². The largest absolute Gasteiger partial charge is 0.457 e. The number of imidazole rings is 2. The molecule has 6 rings (SSSR count). The van der Waals surface area contributed by atoms with E-state index in [9.17, 15) is 18.0 Å². The lowest BCUT2D eigenvalue weighted by atomic mass is 10.2. The number of pyridine rings is 1. The van der Waals surface area contributed by atoms with Crippen molar-refractivity contribution in [2.75, 3.05) is 38.0 Å². The van der Waals surface area contributed by atoms with E-state index in [2.05, 4.69) is 37.1 Å². The number of halogens is 3. The molecule has 43 heavy (non-hydrogen) atoms. The topological polar surface area (TPSA) is 104 Å². The van der Waals surface area contributed by atoms with Crippen LogP contribution in [0, 0.1) is 0 Å². The van der Waals surface area contributed by atoms with Crippen LogP contribution in [0.15, 0.2) is 67.0 Å². The zero-order valence-electron chi connectivity index (χ0n) is 23.5. The van der Waals surface area contributed by atoms with Crippen molar-refractivity contribution in [3.05, 3.63) is 78.2 Å². The van der Waals surface area contributed by atoms with Gasteiger partial charge < -0.3 is 29.4 Å². The van der Waals surface area contributed by atoms with Gasteiger partial charge >= 0.3 is 6.18 Å². The second-order valence-corrected chi connectivity index (χ2v) is 10.2. The van der Waals surface area contributed by atoms with Crippen LogP contribution >= 0.6 is 0 Å². The number of piperazine rings is 1. The Bertz CT molecular complexity index is 1760. The first-order valence-corrected chi connectivity index (χ1v) is 13.8. The highest BCUT2D eigenvalue weighted by Gasteiger charge is 2.30. The Morgan fingerprint density at radius 2 is 1.74 bits per heavy atom. The van der Waals surface area contributed by atoms with E-state index in [-0.39, 0.29) is 5.91 Å². The average Bonchev–Trinajstić information content (AvgIpc) is 3.62. The molecule has 1 saturated heterocycles. The summed E-state index contributed by atoms with van der Waals surface area (Å²) >= 11 is 0. The fourth-order valence-electron chi connectivity index (χ4n) is 4.96. The van der Waals surface area contributed by atoms with E-state index in [1.165, 1.54) is 18.3 Å². The van der Waals surface area contributed by atoms with Crippen LogP contribution in [0.25, 0.3) is 22.6 Å². The number of H-pyrrole nitrogens is 1. The number of likely N-dealkylation sites (N-methyl/N-ethyl adjacent to an activating group) is 1. The van der Waals surface area contributed by atoms with E-state index in [0.717, 1.165) is 37.3 Å². The Hall–Kier alpha value is -4.91. The van der Waals surface area contributed by atoms with Gasteiger partial charge in [0.1, 0.15) is 22.9 Å². The Kier molecular flexibility index (Phi) is 7.48. The van der Waals surface area contributed by atoms with Crippen molar-refractivity contribution in [1.82, 2.24) is 34.3 Å². The van der Waals surface area contributed by atoms with Crippen molar-refractivity contribution in [2.45, 2.75) is 13.1 Å². The molecule has 2 aromatic carbocycles. The number of hydrogen-bond donors (Lipinski definition) is 2. The molecule has 1 aliphatic rings. The lowest BCUT2D eigenvalue weighted by Crippen LogP contribution is -2.48. The molecule has 1 aliphatic heterocycles. The SMILES string of the molecule is CCN1CCN(C(=O)c2cnc(-c3cc(Oc4ccc5c(c4)nc(Nc4ccc(C(F)(F)F)cc4)n5C)ccn3)[nH]2)CC1. The maximum atomic E-state index is 13.0. The molecular weight excluding hydrogens is 561 g/mol. The second kappa shape index (κ2) is 11.4. The molecule has 10 nitrogen and oxygen atoms in total. The standard InChI is InChI=1S/C30H29F3N8O2/c1-3-40-12-14-41(15-13-40)28(42)25-18-35-27(37-25)24-17-22(10-11-34-24)43-21-8-9-26-23(16-21)38-29(39(26)2)36-20-6-4-19(5-7-20)30(31,32)33/h4-11,16-18H,3,12-15H2,1-2H3,(H,35,37)(H,36,38). The van der Waals surface area contributed by atoms with Gasteiger partial charge in [-0.2, -0.15) is 13.2 Å². The third-order valence-corrected chi connectivity index (χ3v) is 7.44. The predicted octanol–water partition coefficient (Wildman–Crippen LogP) is 5.69. The number of alkyl halides is 3. The maximum Gasteiger partial charge on any atom is 0.416 e. The van der Waals surface area contributed by atoms with Gasteiger partial charge in [-0.3, -0.25) is 9.78 Å². The van der Waals surface area contributed by atoms with E-state index in [4.69, 9.17) is 4.74 Å². The molecule has 1 fully saturated rings. The average molecular weight is 591 g/mol. The number of anilines is 2. The molecule has 222 valence electrons. The second-order valence-electron chi connectivity index (χ2n) is 10.2. The van der Waals surface area contributed by atoms with E-state index in [0.29, 0.717) is 59.0 Å². The quantitative estimate of drug-likeness (QED) is 0.251. The van der Waals surface area contributed by atoms with Gasteiger partial charge in [0.2, 0.25) is 5.95 Å². The Labute approximate surface area is 245 Å². The van der Waals surface area contributed by atoms with Gasteiger partial charge in [0.05, 0.1) is 22.8 Å². The normalized spacial score (nSPS) is 14.3. The summed E-state index contributed by atoms with van der Waals surface area (Å²) in [4.78, 5) is 33.6. The van der Waals surface area contributed by atoms with Gasteiger partial charge in [-0.25, -0.2) is 9.97 Å². The first-order valence-electron chi connectivity index (χ1n) is 13.8. The van der Waals surface area contributed by atoms with Gasteiger partial charge in [-0.15, -0.1) is 0 Å². The van der Waals surface area contributed by atoms with Crippen LogP contribution in [-0.2, 0) is 13.2 Å². The molecule has 3 aromatic heterocycles. The van der Waals surface area contributed by atoms with E-state index >= 15 is 0 Å².